The average Bonchev–Trinajstić information content (AvgIpc) is 3.33. The predicted molar refractivity (Wildman–Crippen MR) is 141 cm³/mol. The first-order valence-electron chi connectivity index (χ1n) is 11.4. The first kappa shape index (κ1) is 23.6. The van der Waals surface area contributed by atoms with Crippen molar-refractivity contribution >= 4 is 34.1 Å². The van der Waals surface area contributed by atoms with Gasteiger partial charge in [0.1, 0.15) is 0 Å². The number of aromatic amines is 1. The summed E-state index contributed by atoms with van der Waals surface area (Å²) in [5.41, 5.74) is 3.83. The summed E-state index contributed by atoms with van der Waals surface area (Å²) in [7, 11) is 3.13. The number of fused-ring (bicyclic) bond motifs is 1. The van der Waals surface area contributed by atoms with Crippen LogP contribution < -0.4 is 15.0 Å². The number of amides is 1. The van der Waals surface area contributed by atoms with Crippen LogP contribution in [0.15, 0.2) is 76.6 Å². The average molecular weight is 502 g/mol. The Morgan fingerprint density at radius 1 is 1.00 bits per heavy atom. The van der Waals surface area contributed by atoms with Crippen LogP contribution in [0.5, 0.6) is 11.5 Å². The van der Waals surface area contributed by atoms with E-state index in [-0.39, 0.29) is 11.5 Å². The number of aromatic nitrogens is 1. The SMILES string of the molecule is COc1ccc([C@@H]2CC(c3c(-c4ccc(Cl)cc4)c4ccccc4[nH]c3=O)=NN2C(C)=O)cc1OC. The third-order valence-corrected chi connectivity index (χ3v) is 6.62. The van der Waals surface area contributed by atoms with Crippen LogP contribution in [0.4, 0.5) is 0 Å². The van der Waals surface area contributed by atoms with Crippen molar-refractivity contribution in [2.45, 2.75) is 19.4 Å². The second-order valence-electron chi connectivity index (χ2n) is 8.50. The Morgan fingerprint density at radius 3 is 2.42 bits per heavy atom. The Bertz CT molecular complexity index is 1560. The summed E-state index contributed by atoms with van der Waals surface area (Å²) < 4.78 is 10.8. The van der Waals surface area contributed by atoms with Crippen molar-refractivity contribution < 1.29 is 14.3 Å². The molecule has 8 heteroatoms. The number of rotatable bonds is 5. The van der Waals surface area contributed by atoms with Crippen LogP contribution in [0, 0.1) is 0 Å². The number of carbonyl (C=O) groups is 1. The summed E-state index contributed by atoms with van der Waals surface area (Å²) in [6.45, 7) is 1.46. The van der Waals surface area contributed by atoms with Crippen LogP contribution >= 0.6 is 11.6 Å². The molecule has 182 valence electrons. The topological polar surface area (TPSA) is 84.0 Å². The minimum Gasteiger partial charge on any atom is -0.493 e. The lowest BCUT2D eigenvalue weighted by atomic mass is 9.91. The molecular weight excluding hydrogens is 478 g/mol. The second-order valence-corrected chi connectivity index (χ2v) is 8.94. The monoisotopic (exact) mass is 501 g/mol. The molecule has 3 aromatic carbocycles. The van der Waals surface area contributed by atoms with Gasteiger partial charge in [-0.3, -0.25) is 9.59 Å². The van der Waals surface area contributed by atoms with Crippen molar-refractivity contribution in [3.8, 4) is 22.6 Å². The van der Waals surface area contributed by atoms with Gasteiger partial charge in [0.05, 0.1) is 31.5 Å². The Morgan fingerprint density at radius 2 is 1.72 bits per heavy atom. The van der Waals surface area contributed by atoms with E-state index in [0.717, 1.165) is 27.6 Å². The van der Waals surface area contributed by atoms with E-state index in [2.05, 4.69) is 10.1 Å². The molecule has 0 spiro atoms. The molecule has 5 rings (SSSR count). The molecule has 0 saturated heterocycles. The number of methoxy groups -OCH3 is 2. The maximum atomic E-state index is 13.5. The van der Waals surface area contributed by atoms with E-state index in [0.29, 0.717) is 34.2 Å². The minimum atomic E-state index is -0.402. The van der Waals surface area contributed by atoms with Gasteiger partial charge in [0.25, 0.3) is 5.56 Å². The van der Waals surface area contributed by atoms with Crippen molar-refractivity contribution in [3.63, 3.8) is 0 Å². The van der Waals surface area contributed by atoms with Crippen molar-refractivity contribution in [2.24, 2.45) is 5.10 Å². The Balaban J connectivity index is 1.69. The number of nitrogens with one attached hydrogen (secondary N) is 1. The third-order valence-electron chi connectivity index (χ3n) is 6.37. The highest BCUT2D eigenvalue weighted by molar-refractivity contribution is 6.30. The number of hydrogen-bond acceptors (Lipinski definition) is 5. The zero-order valence-electron chi connectivity index (χ0n) is 20.0. The predicted octanol–water partition coefficient (Wildman–Crippen LogP) is 5.56. The molecule has 1 aliphatic heterocycles. The number of ether oxygens (including phenoxy) is 2. The molecule has 0 fully saturated rings. The highest BCUT2D eigenvalue weighted by Crippen LogP contribution is 2.39. The van der Waals surface area contributed by atoms with Gasteiger partial charge in [0.2, 0.25) is 5.91 Å². The molecule has 0 saturated carbocycles. The first-order valence-corrected chi connectivity index (χ1v) is 11.8. The number of pyridine rings is 1. The van der Waals surface area contributed by atoms with Crippen molar-refractivity contribution in [3.05, 3.63) is 93.2 Å². The van der Waals surface area contributed by atoms with Gasteiger partial charge in [-0.1, -0.05) is 48.0 Å². The van der Waals surface area contributed by atoms with Gasteiger partial charge in [-0.05, 0) is 41.5 Å². The Labute approximate surface area is 212 Å². The molecule has 1 aromatic heterocycles. The fourth-order valence-corrected chi connectivity index (χ4v) is 4.83. The lowest BCUT2D eigenvalue weighted by Gasteiger charge is -2.21. The van der Waals surface area contributed by atoms with E-state index in [1.54, 1.807) is 32.4 Å². The zero-order valence-corrected chi connectivity index (χ0v) is 20.8. The Kier molecular flexibility index (Phi) is 6.24. The van der Waals surface area contributed by atoms with E-state index in [4.69, 9.17) is 21.1 Å². The molecule has 36 heavy (non-hydrogen) atoms. The fourth-order valence-electron chi connectivity index (χ4n) is 4.71. The zero-order chi connectivity index (χ0) is 25.4. The number of halogens is 1. The van der Waals surface area contributed by atoms with Crippen LogP contribution in [0.1, 0.15) is 30.5 Å². The van der Waals surface area contributed by atoms with Gasteiger partial charge in [-0.25, -0.2) is 5.01 Å². The maximum Gasteiger partial charge on any atom is 0.258 e. The molecule has 1 aliphatic rings. The summed E-state index contributed by atoms with van der Waals surface area (Å²) in [5, 5.41) is 7.57. The summed E-state index contributed by atoms with van der Waals surface area (Å²) in [4.78, 5) is 29.1. The third kappa shape index (κ3) is 4.12. The van der Waals surface area contributed by atoms with E-state index in [9.17, 15) is 9.59 Å². The molecule has 4 aromatic rings. The molecule has 1 amide bonds. The molecule has 1 atom stereocenters. The minimum absolute atomic E-state index is 0.227. The van der Waals surface area contributed by atoms with Crippen molar-refractivity contribution in [2.75, 3.05) is 14.2 Å². The van der Waals surface area contributed by atoms with Crippen LogP contribution in [0.3, 0.4) is 0 Å². The van der Waals surface area contributed by atoms with Gasteiger partial charge in [0, 0.05) is 34.8 Å². The lowest BCUT2D eigenvalue weighted by molar-refractivity contribution is -0.130. The molecule has 0 bridgehead atoms. The molecule has 0 radical (unpaired) electrons. The summed E-state index contributed by atoms with van der Waals surface area (Å²) >= 11 is 6.15. The number of nitrogens with zero attached hydrogens (tertiary/aromatic N) is 2. The lowest BCUT2D eigenvalue weighted by Crippen LogP contribution is -2.24. The fraction of sp³-hybridized carbons (Fsp3) is 0.179. The molecule has 7 nitrogen and oxygen atoms in total. The summed E-state index contributed by atoms with van der Waals surface area (Å²) in [5.74, 6) is 0.915. The Hall–Kier alpha value is -4.10. The van der Waals surface area contributed by atoms with Gasteiger partial charge in [-0.15, -0.1) is 0 Å². The summed E-state index contributed by atoms with van der Waals surface area (Å²) in [6, 6.07) is 20.1. The van der Waals surface area contributed by atoms with E-state index in [1.165, 1.54) is 11.9 Å². The number of benzene rings is 3. The first-order chi connectivity index (χ1) is 17.4. The number of hydrazone groups is 1. The molecular formula is C28H24ClN3O4. The second kappa shape index (κ2) is 9.51. The van der Waals surface area contributed by atoms with Gasteiger partial charge < -0.3 is 14.5 Å². The van der Waals surface area contributed by atoms with Crippen LogP contribution in [-0.2, 0) is 4.79 Å². The van der Waals surface area contributed by atoms with E-state index in [1.807, 2.05) is 48.5 Å². The highest BCUT2D eigenvalue weighted by atomic mass is 35.5. The molecule has 0 unspecified atom stereocenters. The number of hydrogen-bond donors (Lipinski definition) is 1. The van der Waals surface area contributed by atoms with Crippen LogP contribution in [-0.4, -0.2) is 35.8 Å². The van der Waals surface area contributed by atoms with Crippen LogP contribution in [0.25, 0.3) is 22.0 Å². The van der Waals surface area contributed by atoms with Gasteiger partial charge >= 0.3 is 0 Å². The standard InChI is InChI=1S/C28H24ClN3O4/c1-16(33)32-23(18-10-13-24(35-2)25(14-18)36-3)15-22(31-32)27-26(17-8-11-19(29)12-9-17)20-6-4-5-7-21(20)30-28(27)34/h4-14,23H,15H2,1-3H3,(H,30,34)/t23-/m0/s1. The molecule has 2 heterocycles. The largest absolute Gasteiger partial charge is 0.493 e. The van der Waals surface area contributed by atoms with Crippen molar-refractivity contribution in [1.82, 2.24) is 9.99 Å². The highest BCUT2D eigenvalue weighted by Gasteiger charge is 2.34. The number of para-hydroxylation sites is 1. The van der Waals surface area contributed by atoms with Crippen LogP contribution in [0.2, 0.25) is 5.02 Å². The molecule has 0 aliphatic carbocycles. The van der Waals surface area contributed by atoms with Gasteiger partial charge in [-0.2, -0.15) is 5.10 Å². The van der Waals surface area contributed by atoms with Gasteiger partial charge in [0.15, 0.2) is 11.5 Å². The number of H-pyrrole nitrogens is 1. The smallest absolute Gasteiger partial charge is 0.258 e. The summed E-state index contributed by atoms with van der Waals surface area (Å²) in [6.07, 6.45) is 0.358. The number of carbonyl (C=O) groups excluding carboxylic acids is 1. The van der Waals surface area contributed by atoms with E-state index >= 15 is 0 Å². The van der Waals surface area contributed by atoms with Crippen molar-refractivity contribution in [1.29, 1.82) is 0 Å². The normalized spacial score (nSPS) is 15.2. The maximum absolute atomic E-state index is 13.5. The molecule has 1 N–H and O–H groups in total. The van der Waals surface area contributed by atoms with E-state index < -0.39 is 6.04 Å². The quantitative estimate of drug-likeness (QED) is 0.388.